The van der Waals surface area contributed by atoms with Crippen molar-refractivity contribution in [1.29, 1.82) is 0 Å². The van der Waals surface area contributed by atoms with Gasteiger partial charge in [0.2, 0.25) is 5.91 Å². The van der Waals surface area contributed by atoms with Gasteiger partial charge in [0, 0.05) is 0 Å². The first-order valence-electron chi connectivity index (χ1n) is 8.50. The molecule has 0 radical (unpaired) electrons. The number of aromatic nitrogens is 4. The smallest absolute Gasteiger partial charge is 0.234 e. The quantitative estimate of drug-likeness (QED) is 0.569. The Bertz CT molecular complexity index is 933. The number of carbonyl (C=O) groups is 1. The van der Waals surface area contributed by atoms with E-state index in [1.807, 2.05) is 42.8 Å². The van der Waals surface area contributed by atoms with E-state index in [0.29, 0.717) is 5.75 Å². The average molecular weight is 420 g/mol. The van der Waals surface area contributed by atoms with Crippen molar-refractivity contribution >= 4 is 46.5 Å². The summed E-state index contributed by atoms with van der Waals surface area (Å²) in [4.78, 5) is 12.4. The van der Waals surface area contributed by atoms with E-state index in [0.717, 1.165) is 37.2 Å². The zero-order valence-electron chi connectivity index (χ0n) is 15.6. The van der Waals surface area contributed by atoms with Crippen molar-refractivity contribution in [2.45, 2.75) is 36.4 Å². The summed E-state index contributed by atoms with van der Waals surface area (Å²) in [6.07, 6.45) is 0. The molecule has 0 fully saturated rings. The van der Waals surface area contributed by atoms with E-state index in [9.17, 15) is 4.79 Å². The van der Waals surface area contributed by atoms with Crippen LogP contribution in [-0.2, 0) is 4.79 Å². The maximum atomic E-state index is 12.4. The molecule has 3 aromatic rings. The highest BCUT2D eigenvalue weighted by atomic mass is 32.2. The number of anilines is 1. The predicted molar refractivity (Wildman–Crippen MR) is 113 cm³/mol. The predicted octanol–water partition coefficient (Wildman–Crippen LogP) is 4.49. The standard InChI is InChI=1S/C18H21N5OS3/c1-5-25-17-20-21-18(27-17)26-10-15(24)19-16-12(3)22-23(13(16)4)14-8-6-11(2)7-9-14/h6-9H,5,10H2,1-4H3,(H,19,24). The minimum Gasteiger partial charge on any atom is -0.322 e. The van der Waals surface area contributed by atoms with E-state index < -0.39 is 0 Å². The van der Waals surface area contributed by atoms with Crippen molar-refractivity contribution < 1.29 is 4.79 Å². The molecule has 0 saturated heterocycles. The highest BCUT2D eigenvalue weighted by Crippen LogP contribution is 2.29. The molecule has 0 bridgehead atoms. The molecule has 9 heteroatoms. The third-order valence-electron chi connectivity index (χ3n) is 3.82. The summed E-state index contributed by atoms with van der Waals surface area (Å²) in [6.45, 7) is 7.99. The van der Waals surface area contributed by atoms with Gasteiger partial charge in [0.05, 0.1) is 28.5 Å². The van der Waals surface area contributed by atoms with Crippen molar-refractivity contribution in [1.82, 2.24) is 20.0 Å². The van der Waals surface area contributed by atoms with E-state index >= 15 is 0 Å². The lowest BCUT2D eigenvalue weighted by atomic mass is 10.2. The number of hydrogen-bond donors (Lipinski definition) is 1. The topological polar surface area (TPSA) is 72.7 Å². The highest BCUT2D eigenvalue weighted by molar-refractivity contribution is 8.03. The molecule has 2 aromatic heterocycles. The molecule has 0 atom stereocenters. The van der Waals surface area contributed by atoms with Gasteiger partial charge >= 0.3 is 0 Å². The number of carbonyl (C=O) groups excluding carboxylic acids is 1. The minimum absolute atomic E-state index is 0.0745. The number of nitrogens with zero attached hydrogens (tertiary/aromatic N) is 4. The maximum absolute atomic E-state index is 12.4. The summed E-state index contributed by atoms with van der Waals surface area (Å²) in [7, 11) is 0. The fraction of sp³-hybridized carbons (Fsp3) is 0.333. The number of benzene rings is 1. The van der Waals surface area contributed by atoms with Crippen LogP contribution in [0, 0.1) is 20.8 Å². The molecule has 27 heavy (non-hydrogen) atoms. The second kappa shape index (κ2) is 8.90. The Morgan fingerprint density at radius 3 is 2.44 bits per heavy atom. The summed E-state index contributed by atoms with van der Waals surface area (Å²) in [6, 6.07) is 8.15. The van der Waals surface area contributed by atoms with Gasteiger partial charge in [0.25, 0.3) is 0 Å². The van der Waals surface area contributed by atoms with Crippen LogP contribution in [0.2, 0.25) is 0 Å². The Labute approximate surface area is 171 Å². The fourth-order valence-corrected chi connectivity index (χ4v) is 5.22. The maximum Gasteiger partial charge on any atom is 0.234 e. The zero-order valence-corrected chi connectivity index (χ0v) is 18.1. The zero-order chi connectivity index (χ0) is 19.4. The first-order chi connectivity index (χ1) is 13.0. The van der Waals surface area contributed by atoms with E-state index in [-0.39, 0.29) is 5.91 Å². The van der Waals surface area contributed by atoms with Gasteiger partial charge in [-0.1, -0.05) is 59.5 Å². The molecule has 2 heterocycles. The van der Waals surface area contributed by atoms with Gasteiger partial charge < -0.3 is 5.32 Å². The highest BCUT2D eigenvalue weighted by Gasteiger charge is 2.16. The molecule has 1 N–H and O–H groups in total. The fourth-order valence-electron chi connectivity index (χ4n) is 2.50. The second-order valence-electron chi connectivity index (χ2n) is 5.90. The molecule has 6 nitrogen and oxygen atoms in total. The van der Waals surface area contributed by atoms with E-state index in [4.69, 9.17) is 0 Å². The van der Waals surface area contributed by atoms with Gasteiger partial charge in [0.15, 0.2) is 8.68 Å². The van der Waals surface area contributed by atoms with Crippen LogP contribution >= 0.6 is 34.9 Å². The Hall–Kier alpha value is -1.84. The van der Waals surface area contributed by atoms with Crippen LogP contribution in [0.15, 0.2) is 32.9 Å². The van der Waals surface area contributed by atoms with Crippen LogP contribution < -0.4 is 5.32 Å². The van der Waals surface area contributed by atoms with E-state index in [1.54, 1.807) is 11.8 Å². The largest absolute Gasteiger partial charge is 0.322 e. The van der Waals surface area contributed by atoms with Crippen molar-refractivity contribution in [2.24, 2.45) is 0 Å². The number of thioether (sulfide) groups is 2. The molecule has 0 spiro atoms. The molecular formula is C18H21N5OS3. The van der Waals surface area contributed by atoms with Crippen LogP contribution in [0.4, 0.5) is 5.69 Å². The van der Waals surface area contributed by atoms with E-state index in [1.165, 1.54) is 28.7 Å². The summed E-state index contributed by atoms with van der Waals surface area (Å²) in [5.74, 6) is 1.18. The van der Waals surface area contributed by atoms with Gasteiger partial charge in [0.1, 0.15) is 0 Å². The Kier molecular flexibility index (Phi) is 6.56. The first-order valence-corrected chi connectivity index (χ1v) is 11.3. The van der Waals surface area contributed by atoms with Crippen LogP contribution in [0.3, 0.4) is 0 Å². The molecular weight excluding hydrogens is 398 g/mol. The molecule has 3 rings (SSSR count). The monoisotopic (exact) mass is 419 g/mol. The summed E-state index contributed by atoms with van der Waals surface area (Å²) in [5, 5.41) is 15.8. The third kappa shape index (κ3) is 4.91. The lowest BCUT2D eigenvalue weighted by Crippen LogP contribution is -2.15. The van der Waals surface area contributed by atoms with Crippen LogP contribution in [0.25, 0.3) is 5.69 Å². The van der Waals surface area contributed by atoms with Gasteiger partial charge in [-0.25, -0.2) is 4.68 Å². The Morgan fingerprint density at radius 2 is 1.78 bits per heavy atom. The summed E-state index contributed by atoms with van der Waals surface area (Å²) < 4.78 is 3.60. The number of amides is 1. The SMILES string of the molecule is CCSc1nnc(SCC(=O)Nc2c(C)nn(-c3ccc(C)cc3)c2C)s1. The van der Waals surface area contributed by atoms with Crippen molar-refractivity contribution in [3.63, 3.8) is 0 Å². The van der Waals surface area contributed by atoms with Crippen LogP contribution in [0.1, 0.15) is 23.9 Å². The van der Waals surface area contributed by atoms with Gasteiger partial charge in [-0.15, -0.1) is 10.2 Å². The lowest BCUT2D eigenvalue weighted by molar-refractivity contribution is -0.113. The van der Waals surface area contributed by atoms with Crippen LogP contribution in [0.5, 0.6) is 0 Å². The molecule has 0 saturated carbocycles. The number of hydrogen-bond acceptors (Lipinski definition) is 7. The molecule has 0 aliphatic carbocycles. The normalized spacial score (nSPS) is 11.0. The van der Waals surface area contributed by atoms with Crippen LogP contribution in [-0.4, -0.2) is 37.4 Å². The molecule has 1 aromatic carbocycles. The molecule has 142 valence electrons. The molecule has 0 unspecified atom stereocenters. The number of rotatable bonds is 7. The number of nitrogens with one attached hydrogen (secondary N) is 1. The Balaban J connectivity index is 1.66. The van der Waals surface area contributed by atoms with Gasteiger partial charge in [-0.3, -0.25) is 4.79 Å². The van der Waals surface area contributed by atoms with Crippen molar-refractivity contribution in [3.05, 3.63) is 41.2 Å². The summed E-state index contributed by atoms with van der Waals surface area (Å²) >= 11 is 4.58. The molecule has 0 aliphatic heterocycles. The third-order valence-corrected chi connectivity index (χ3v) is 6.89. The Morgan fingerprint density at radius 1 is 1.11 bits per heavy atom. The second-order valence-corrected chi connectivity index (χ2v) is 9.61. The van der Waals surface area contributed by atoms with Crippen molar-refractivity contribution in [2.75, 3.05) is 16.8 Å². The van der Waals surface area contributed by atoms with E-state index in [2.05, 4.69) is 34.5 Å². The summed E-state index contributed by atoms with van der Waals surface area (Å²) in [5.41, 5.74) is 4.64. The average Bonchev–Trinajstić information content (AvgIpc) is 3.20. The van der Waals surface area contributed by atoms with Crippen molar-refractivity contribution in [3.8, 4) is 5.69 Å². The number of aryl methyl sites for hydroxylation is 2. The first kappa shape index (κ1) is 19.9. The lowest BCUT2D eigenvalue weighted by Gasteiger charge is -2.07. The van der Waals surface area contributed by atoms with Gasteiger partial charge in [-0.2, -0.15) is 5.10 Å². The molecule has 0 aliphatic rings. The van der Waals surface area contributed by atoms with Gasteiger partial charge in [-0.05, 0) is 38.7 Å². The minimum atomic E-state index is -0.0745. The molecule has 1 amide bonds.